The lowest BCUT2D eigenvalue weighted by Crippen LogP contribution is -2.69. The van der Waals surface area contributed by atoms with Gasteiger partial charge in [0, 0.05) is 0 Å². The molecule has 1 saturated heterocycles. The van der Waals surface area contributed by atoms with Crippen LogP contribution in [0.25, 0.3) is 5.32 Å². The van der Waals surface area contributed by atoms with Crippen LogP contribution in [0.15, 0.2) is 10.7 Å². The molecule has 1 amide bonds. The van der Waals surface area contributed by atoms with Crippen LogP contribution >= 0.6 is 0 Å². The van der Waals surface area contributed by atoms with E-state index in [2.05, 4.69) is 29.4 Å². The molecule has 2 heterocycles. The number of amides is 1. The summed E-state index contributed by atoms with van der Waals surface area (Å²) in [6.07, 6.45) is 4.36. The van der Waals surface area contributed by atoms with Crippen molar-refractivity contribution in [1.82, 2.24) is 5.27 Å². The van der Waals surface area contributed by atoms with Crippen molar-refractivity contribution < 1.29 is 18.8 Å². The van der Waals surface area contributed by atoms with Crippen molar-refractivity contribution in [2.75, 3.05) is 18.2 Å². The van der Waals surface area contributed by atoms with Crippen LogP contribution in [0.3, 0.4) is 0 Å². The van der Waals surface area contributed by atoms with Crippen molar-refractivity contribution in [3.05, 3.63) is 11.5 Å². The SMILES string of the molecule is CCOC(=O)[N-]c1c[n+](N2CCCCC2(C)C)no1. The molecular formula is C12H20N4O3. The van der Waals surface area contributed by atoms with Gasteiger partial charge in [0.1, 0.15) is 5.88 Å². The minimum atomic E-state index is -0.663. The fraction of sp³-hybridized carbons (Fsp3) is 0.750. The van der Waals surface area contributed by atoms with E-state index in [1.807, 2.05) is 0 Å². The van der Waals surface area contributed by atoms with Crippen molar-refractivity contribution in [2.45, 2.75) is 45.6 Å². The number of nitrogens with zero attached hydrogens (tertiary/aromatic N) is 4. The maximum Gasteiger partial charge on any atom is 0.257 e. The van der Waals surface area contributed by atoms with Crippen LogP contribution in [0.1, 0.15) is 40.0 Å². The van der Waals surface area contributed by atoms with Crippen molar-refractivity contribution in [3.63, 3.8) is 0 Å². The highest BCUT2D eigenvalue weighted by molar-refractivity contribution is 5.88. The van der Waals surface area contributed by atoms with Gasteiger partial charge in [-0.15, -0.1) is 5.01 Å². The number of rotatable bonds is 3. The third-order valence-electron chi connectivity index (χ3n) is 3.27. The molecule has 2 rings (SSSR count). The Hall–Kier alpha value is -1.79. The third-order valence-corrected chi connectivity index (χ3v) is 3.27. The highest BCUT2D eigenvalue weighted by Crippen LogP contribution is 2.24. The Balaban J connectivity index is 2.05. The molecule has 1 aromatic rings. The van der Waals surface area contributed by atoms with E-state index in [-0.39, 0.29) is 18.0 Å². The fourth-order valence-electron chi connectivity index (χ4n) is 2.27. The van der Waals surface area contributed by atoms with Gasteiger partial charge in [-0.3, -0.25) is 4.79 Å². The van der Waals surface area contributed by atoms with E-state index in [1.165, 1.54) is 6.42 Å². The van der Waals surface area contributed by atoms with Crippen molar-refractivity contribution in [1.29, 1.82) is 0 Å². The Morgan fingerprint density at radius 1 is 1.63 bits per heavy atom. The molecule has 1 aliphatic rings. The predicted molar refractivity (Wildman–Crippen MR) is 67.8 cm³/mol. The van der Waals surface area contributed by atoms with Gasteiger partial charge in [-0.05, 0) is 40.0 Å². The number of aromatic nitrogens is 2. The molecule has 0 spiro atoms. The lowest BCUT2D eigenvalue weighted by atomic mass is 9.92. The van der Waals surface area contributed by atoms with E-state index >= 15 is 0 Å². The molecule has 0 unspecified atom stereocenters. The zero-order valence-electron chi connectivity index (χ0n) is 11.6. The van der Waals surface area contributed by atoms with Gasteiger partial charge in [0.15, 0.2) is 0 Å². The Morgan fingerprint density at radius 2 is 2.42 bits per heavy atom. The highest BCUT2D eigenvalue weighted by atomic mass is 16.6. The Labute approximate surface area is 112 Å². The molecular weight excluding hydrogens is 248 g/mol. The number of ether oxygens (including phenoxy) is 1. The van der Waals surface area contributed by atoms with E-state index in [4.69, 9.17) is 9.26 Å². The zero-order valence-corrected chi connectivity index (χ0v) is 11.6. The van der Waals surface area contributed by atoms with E-state index in [0.29, 0.717) is 0 Å². The van der Waals surface area contributed by atoms with Gasteiger partial charge in [0.25, 0.3) is 6.20 Å². The Bertz CT molecular complexity index is 444. The summed E-state index contributed by atoms with van der Waals surface area (Å²) in [5, 5.41) is 9.70. The number of carbonyl (C=O) groups is 1. The molecule has 7 nitrogen and oxygen atoms in total. The second-order valence-corrected chi connectivity index (χ2v) is 5.16. The molecule has 1 aromatic heterocycles. The van der Waals surface area contributed by atoms with Crippen molar-refractivity contribution in [3.8, 4) is 0 Å². The molecule has 0 saturated carbocycles. The lowest BCUT2D eigenvalue weighted by molar-refractivity contribution is -0.766. The average Bonchev–Trinajstić information content (AvgIpc) is 2.76. The minimum Gasteiger partial charge on any atom is -0.552 e. The maximum atomic E-state index is 11.2. The van der Waals surface area contributed by atoms with Crippen LogP contribution in [0.5, 0.6) is 0 Å². The minimum absolute atomic E-state index is 0.0149. The second kappa shape index (κ2) is 5.46. The van der Waals surface area contributed by atoms with Crippen molar-refractivity contribution >= 4 is 12.0 Å². The van der Waals surface area contributed by atoms with Gasteiger partial charge in [0.2, 0.25) is 11.4 Å². The quantitative estimate of drug-likeness (QED) is 0.784. The molecule has 0 N–H and O–H groups in total. The smallest absolute Gasteiger partial charge is 0.257 e. The number of hydrogen-bond acceptors (Lipinski definition) is 5. The van der Waals surface area contributed by atoms with Crippen molar-refractivity contribution in [2.24, 2.45) is 0 Å². The van der Waals surface area contributed by atoms with Gasteiger partial charge in [-0.1, -0.05) is 0 Å². The van der Waals surface area contributed by atoms with E-state index in [0.717, 1.165) is 19.4 Å². The topological polar surface area (TPSA) is 73.6 Å². The van der Waals surface area contributed by atoms with Crippen LogP contribution in [-0.4, -0.2) is 30.1 Å². The fourth-order valence-corrected chi connectivity index (χ4v) is 2.27. The van der Waals surface area contributed by atoms with E-state index < -0.39 is 6.09 Å². The first-order chi connectivity index (χ1) is 9.03. The van der Waals surface area contributed by atoms with E-state index in [9.17, 15) is 4.79 Å². The molecule has 0 radical (unpaired) electrons. The molecule has 1 aliphatic heterocycles. The van der Waals surface area contributed by atoms with E-state index in [1.54, 1.807) is 17.9 Å². The first-order valence-electron chi connectivity index (χ1n) is 6.58. The Morgan fingerprint density at radius 3 is 3.11 bits per heavy atom. The zero-order chi connectivity index (χ0) is 13.9. The molecule has 1 fully saturated rings. The van der Waals surface area contributed by atoms with Gasteiger partial charge in [0.05, 0.1) is 23.5 Å². The largest absolute Gasteiger partial charge is 0.552 e. The summed E-state index contributed by atoms with van der Waals surface area (Å²) >= 11 is 0. The normalized spacial score (nSPS) is 18.2. The monoisotopic (exact) mass is 268 g/mol. The van der Waals surface area contributed by atoms with Gasteiger partial charge >= 0.3 is 0 Å². The molecule has 106 valence electrons. The summed E-state index contributed by atoms with van der Waals surface area (Å²) in [5.74, 6) is 0.153. The van der Waals surface area contributed by atoms with Crippen LogP contribution in [0, 0.1) is 0 Å². The molecule has 0 atom stereocenters. The number of hydrogen-bond donors (Lipinski definition) is 0. The summed E-state index contributed by atoms with van der Waals surface area (Å²) < 4.78 is 9.76. The standard InChI is InChI=1S/C12H20N4O3/c1-4-18-11(17)13-10-9-16(14-19-10)15-8-6-5-7-12(15,2)3/h9H,4-8H2,1-3H3. The lowest BCUT2D eigenvalue weighted by Gasteiger charge is -2.35. The van der Waals surface area contributed by atoms with Crippen LogP contribution in [-0.2, 0) is 4.74 Å². The highest BCUT2D eigenvalue weighted by Gasteiger charge is 2.37. The number of piperidine rings is 1. The molecule has 7 heteroatoms. The van der Waals surface area contributed by atoms with Gasteiger partial charge < -0.3 is 14.6 Å². The van der Waals surface area contributed by atoms with Gasteiger partial charge in [-0.2, -0.15) is 0 Å². The third kappa shape index (κ3) is 3.15. The summed E-state index contributed by atoms with van der Waals surface area (Å²) in [5.41, 5.74) is 0.0149. The summed E-state index contributed by atoms with van der Waals surface area (Å²) in [4.78, 5) is 12.8. The average molecular weight is 268 g/mol. The summed E-state index contributed by atoms with van der Waals surface area (Å²) in [6, 6.07) is 0. The summed E-state index contributed by atoms with van der Waals surface area (Å²) in [6.45, 7) is 7.24. The molecule has 0 bridgehead atoms. The summed E-state index contributed by atoms with van der Waals surface area (Å²) in [7, 11) is 0. The van der Waals surface area contributed by atoms with Crippen LogP contribution < -0.4 is 9.80 Å². The maximum absolute atomic E-state index is 11.2. The second-order valence-electron chi connectivity index (χ2n) is 5.16. The predicted octanol–water partition coefficient (Wildman–Crippen LogP) is 2.02. The first-order valence-corrected chi connectivity index (χ1v) is 6.58. The molecule has 0 aliphatic carbocycles. The van der Waals surface area contributed by atoms with Crippen LogP contribution in [0.4, 0.5) is 10.7 Å². The van der Waals surface area contributed by atoms with Crippen LogP contribution in [0.2, 0.25) is 0 Å². The van der Waals surface area contributed by atoms with Gasteiger partial charge in [-0.25, -0.2) is 0 Å². The molecule has 0 aromatic carbocycles. The molecule has 19 heavy (non-hydrogen) atoms. The first kappa shape index (κ1) is 13.6. The Kier molecular flexibility index (Phi) is 3.92. The number of carbonyl (C=O) groups excluding carboxylic acids is 1.